The van der Waals surface area contributed by atoms with Gasteiger partial charge in [0.2, 0.25) is 0 Å². The Morgan fingerprint density at radius 3 is 2.43 bits per heavy atom. The van der Waals surface area contributed by atoms with Crippen molar-refractivity contribution in [3.63, 3.8) is 0 Å². The lowest BCUT2D eigenvalue weighted by molar-refractivity contribution is 0.0691. The van der Waals surface area contributed by atoms with Gasteiger partial charge in [-0.05, 0) is 48.4 Å². The number of ether oxygens (including phenoxy) is 1. The maximum absolute atomic E-state index is 11.5. The lowest BCUT2D eigenvalue weighted by Crippen LogP contribution is -2.01. The van der Waals surface area contributed by atoms with Crippen LogP contribution in [0.2, 0.25) is 5.02 Å². The van der Waals surface area contributed by atoms with Crippen LogP contribution in [0.15, 0.2) is 54.6 Å². The molecule has 0 spiro atoms. The summed E-state index contributed by atoms with van der Waals surface area (Å²) in [7, 11) is 0. The Hall–Kier alpha value is -3.38. The maximum Gasteiger partial charge on any atom is 0.354 e. The van der Waals surface area contributed by atoms with Crippen molar-refractivity contribution >= 4 is 28.6 Å². The van der Waals surface area contributed by atoms with E-state index in [0.717, 1.165) is 33.5 Å². The summed E-state index contributed by atoms with van der Waals surface area (Å²) in [6.45, 7) is 2.49. The number of hydrogen-bond donors (Lipinski definition) is 2. The van der Waals surface area contributed by atoms with Crippen molar-refractivity contribution in [3.05, 3.63) is 65.3 Å². The van der Waals surface area contributed by atoms with Gasteiger partial charge in [0.05, 0.1) is 17.7 Å². The first-order valence-electron chi connectivity index (χ1n) is 8.68. The quantitative estimate of drug-likeness (QED) is 0.495. The third kappa shape index (κ3) is 3.30. The average molecular weight is 394 g/mol. The molecule has 6 nitrogen and oxygen atoms in total. The highest BCUT2D eigenvalue weighted by atomic mass is 35.5. The Bertz CT molecular complexity index is 1150. The molecule has 2 aromatic carbocycles. The van der Waals surface area contributed by atoms with E-state index in [9.17, 15) is 9.90 Å². The lowest BCUT2D eigenvalue weighted by Gasteiger charge is -2.09. The first-order valence-corrected chi connectivity index (χ1v) is 9.06. The predicted octanol–water partition coefficient (Wildman–Crippen LogP) is 5.04. The third-order valence-electron chi connectivity index (χ3n) is 4.35. The SMILES string of the molecule is CCOc1ccc(-c2cc(C(=O)O)nc3n[nH]c(-c4ccc(Cl)cc4)c23)cc1. The summed E-state index contributed by atoms with van der Waals surface area (Å²) in [5.41, 5.74) is 3.47. The molecular formula is C21H16ClN3O3. The van der Waals surface area contributed by atoms with E-state index in [1.807, 2.05) is 43.3 Å². The highest BCUT2D eigenvalue weighted by molar-refractivity contribution is 6.30. The maximum atomic E-state index is 11.5. The van der Waals surface area contributed by atoms with Crippen LogP contribution in [-0.4, -0.2) is 32.9 Å². The van der Waals surface area contributed by atoms with Gasteiger partial charge in [0.15, 0.2) is 11.3 Å². The highest BCUT2D eigenvalue weighted by Gasteiger charge is 2.18. The number of benzene rings is 2. The Kier molecular flexibility index (Phi) is 4.71. The molecule has 0 aliphatic carbocycles. The number of carboxylic acid groups (broad SMARTS) is 1. The van der Waals surface area contributed by atoms with E-state index in [0.29, 0.717) is 17.3 Å². The third-order valence-corrected chi connectivity index (χ3v) is 4.60. The van der Waals surface area contributed by atoms with E-state index in [2.05, 4.69) is 15.2 Å². The molecule has 28 heavy (non-hydrogen) atoms. The number of fused-ring (bicyclic) bond motifs is 1. The van der Waals surface area contributed by atoms with Crippen molar-refractivity contribution in [2.75, 3.05) is 6.61 Å². The second-order valence-electron chi connectivity index (χ2n) is 6.12. The number of rotatable bonds is 5. The number of carbonyl (C=O) groups is 1. The van der Waals surface area contributed by atoms with Crippen molar-refractivity contribution in [1.29, 1.82) is 0 Å². The summed E-state index contributed by atoms with van der Waals surface area (Å²) in [5.74, 6) is -0.356. The van der Waals surface area contributed by atoms with E-state index < -0.39 is 5.97 Å². The predicted molar refractivity (Wildman–Crippen MR) is 108 cm³/mol. The summed E-state index contributed by atoms with van der Waals surface area (Å²) >= 11 is 6.00. The number of aromatic nitrogens is 3. The van der Waals surface area contributed by atoms with Gasteiger partial charge in [-0.25, -0.2) is 9.78 Å². The average Bonchev–Trinajstić information content (AvgIpc) is 3.13. The Morgan fingerprint density at radius 2 is 1.79 bits per heavy atom. The molecule has 0 saturated carbocycles. The molecule has 2 aromatic heterocycles. The second kappa shape index (κ2) is 7.32. The van der Waals surface area contributed by atoms with Gasteiger partial charge in [0.25, 0.3) is 0 Å². The van der Waals surface area contributed by atoms with E-state index in [4.69, 9.17) is 16.3 Å². The van der Waals surface area contributed by atoms with Crippen molar-refractivity contribution in [1.82, 2.24) is 15.2 Å². The van der Waals surface area contributed by atoms with Crippen molar-refractivity contribution < 1.29 is 14.6 Å². The highest BCUT2D eigenvalue weighted by Crippen LogP contribution is 2.35. The summed E-state index contributed by atoms with van der Waals surface area (Å²) in [6, 6.07) is 16.4. The zero-order valence-corrected chi connectivity index (χ0v) is 15.7. The summed E-state index contributed by atoms with van der Waals surface area (Å²) in [5, 5.41) is 18.0. The number of pyridine rings is 1. The number of hydrogen-bond acceptors (Lipinski definition) is 4. The monoisotopic (exact) mass is 393 g/mol. The minimum atomic E-state index is -1.11. The van der Waals surface area contributed by atoms with E-state index in [1.165, 1.54) is 0 Å². The van der Waals surface area contributed by atoms with Gasteiger partial charge in [-0.3, -0.25) is 5.10 Å². The van der Waals surface area contributed by atoms with Crippen molar-refractivity contribution in [3.8, 4) is 28.1 Å². The van der Waals surface area contributed by atoms with E-state index >= 15 is 0 Å². The molecule has 0 radical (unpaired) electrons. The van der Waals surface area contributed by atoms with Crippen LogP contribution in [0.5, 0.6) is 5.75 Å². The van der Waals surface area contributed by atoms with Crippen LogP contribution in [-0.2, 0) is 0 Å². The smallest absolute Gasteiger partial charge is 0.354 e. The standard InChI is InChI=1S/C21H16ClN3O3/c1-2-28-15-9-5-12(6-10-15)16-11-17(21(26)27)23-20-18(16)19(24-25-20)13-3-7-14(22)8-4-13/h3-11H,2H2,1H3,(H,26,27)(H,23,24,25). The van der Waals surface area contributed by atoms with Crippen molar-refractivity contribution in [2.24, 2.45) is 0 Å². The van der Waals surface area contributed by atoms with Crippen LogP contribution in [0.4, 0.5) is 0 Å². The fraction of sp³-hybridized carbons (Fsp3) is 0.0952. The number of carboxylic acids is 1. The molecule has 0 aliphatic heterocycles. The van der Waals surface area contributed by atoms with Crippen LogP contribution in [0.3, 0.4) is 0 Å². The van der Waals surface area contributed by atoms with Crippen molar-refractivity contribution in [2.45, 2.75) is 6.92 Å². The van der Waals surface area contributed by atoms with Crippen LogP contribution < -0.4 is 4.74 Å². The lowest BCUT2D eigenvalue weighted by atomic mass is 9.98. The normalized spacial score (nSPS) is 10.9. The zero-order valence-electron chi connectivity index (χ0n) is 14.9. The molecule has 0 amide bonds. The van der Waals surface area contributed by atoms with Crippen LogP contribution >= 0.6 is 11.6 Å². The van der Waals surface area contributed by atoms with Gasteiger partial charge in [-0.2, -0.15) is 5.10 Å². The number of aromatic carboxylic acids is 1. The zero-order chi connectivity index (χ0) is 19.7. The van der Waals surface area contributed by atoms with Gasteiger partial charge in [-0.1, -0.05) is 35.9 Å². The molecule has 4 rings (SSSR count). The first-order chi connectivity index (χ1) is 13.6. The van der Waals surface area contributed by atoms with Gasteiger partial charge in [-0.15, -0.1) is 0 Å². The first kappa shape index (κ1) is 18.0. The number of halogens is 1. The minimum Gasteiger partial charge on any atom is -0.494 e. The van der Waals surface area contributed by atoms with Crippen LogP contribution in [0.1, 0.15) is 17.4 Å². The topological polar surface area (TPSA) is 88.1 Å². The van der Waals surface area contributed by atoms with Gasteiger partial charge < -0.3 is 9.84 Å². The largest absolute Gasteiger partial charge is 0.494 e. The molecule has 0 saturated heterocycles. The number of nitrogens with zero attached hydrogens (tertiary/aromatic N) is 2. The summed E-state index contributed by atoms with van der Waals surface area (Å²) < 4.78 is 5.50. The molecule has 0 bridgehead atoms. The molecule has 0 aliphatic rings. The number of aromatic amines is 1. The Labute approximate surface area is 165 Å². The minimum absolute atomic E-state index is 0.0643. The van der Waals surface area contributed by atoms with Crippen LogP contribution in [0, 0.1) is 0 Å². The van der Waals surface area contributed by atoms with Gasteiger partial charge >= 0.3 is 5.97 Å². The summed E-state index contributed by atoms with van der Waals surface area (Å²) in [4.78, 5) is 15.7. The van der Waals surface area contributed by atoms with E-state index in [1.54, 1.807) is 18.2 Å². The van der Waals surface area contributed by atoms with E-state index in [-0.39, 0.29) is 5.69 Å². The van der Waals surface area contributed by atoms with Gasteiger partial charge in [0.1, 0.15) is 5.75 Å². The molecule has 140 valence electrons. The molecule has 0 atom stereocenters. The number of H-pyrrole nitrogens is 1. The molecule has 7 heteroatoms. The number of nitrogens with one attached hydrogen (secondary N) is 1. The molecular weight excluding hydrogens is 378 g/mol. The molecule has 0 fully saturated rings. The molecule has 2 heterocycles. The Balaban J connectivity index is 1.94. The summed E-state index contributed by atoms with van der Waals surface area (Å²) in [6.07, 6.45) is 0. The fourth-order valence-corrected chi connectivity index (χ4v) is 3.21. The Morgan fingerprint density at radius 1 is 1.11 bits per heavy atom. The molecule has 2 N–H and O–H groups in total. The molecule has 4 aromatic rings. The second-order valence-corrected chi connectivity index (χ2v) is 6.56. The van der Waals surface area contributed by atoms with Crippen LogP contribution in [0.25, 0.3) is 33.4 Å². The molecule has 0 unspecified atom stereocenters. The fourth-order valence-electron chi connectivity index (χ4n) is 3.08. The van der Waals surface area contributed by atoms with Gasteiger partial charge in [0, 0.05) is 10.6 Å².